The summed E-state index contributed by atoms with van der Waals surface area (Å²) < 4.78 is 33.1. The van der Waals surface area contributed by atoms with Crippen molar-refractivity contribution in [3.63, 3.8) is 0 Å². The zero-order valence-electron chi connectivity index (χ0n) is 11.7. The highest BCUT2D eigenvalue weighted by Gasteiger charge is 2.21. The van der Waals surface area contributed by atoms with E-state index in [0.29, 0.717) is 5.75 Å². The third kappa shape index (κ3) is 2.65. The fourth-order valence-corrected chi connectivity index (χ4v) is 2.28. The lowest BCUT2D eigenvalue weighted by Crippen LogP contribution is -2.20. The fourth-order valence-electron chi connectivity index (χ4n) is 2.28. The topological polar surface area (TPSA) is 21.3 Å². The fraction of sp³-hybridized carbons (Fsp3) is 0.250. The molecule has 2 rings (SSSR count). The summed E-state index contributed by atoms with van der Waals surface area (Å²) in [5.74, 6) is -0.438. The van der Waals surface area contributed by atoms with Gasteiger partial charge in [-0.3, -0.25) is 0 Å². The van der Waals surface area contributed by atoms with E-state index in [-0.39, 0.29) is 5.56 Å². The molecule has 1 N–H and O–H groups in total. The molecule has 0 amide bonds. The summed E-state index contributed by atoms with van der Waals surface area (Å²) in [5.41, 5.74) is 1.74. The van der Waals surface area contributed by atoms with E-state index >= 15 is 0 Å². The van der Waals surface area contributed by atoms with Gasteiger partial charge in [-0.25, -0.2) is 8.78 Å². The molecule has 0 fully saturated rings. The van der Waals surface area contributed by atoms with Gasteiger partial charge in [-0.2, -0.15) is 0 Å². The molecule has 1 unspecified atom stereocenters. The van der Waals surface area contributed by atoms with E-state index in [0.717, 1.165) is 11.1 Å². The first-order chi connectivity index (χ1) is 9.58. The predicted octanol–water partition coefficient (Wildman–Crippen LogP) is 3.59. The Kier molecular flexibility index (Phi) is 4.35. The van der Waals surface area contributed by atoms with Gasteiger partial charge in [0.15, 0.2) is 0 Å². The van der Waals surface area contributed by atoms with E-state index in [9.17, 15) is 8.78 Å². The number of nitrogens with one attached hydrogen (secondary N) is 1. The van der Waals surface area contributed by atoms with E-state index in [1.54, 1.807) is 20.2 Å². The van der Waals surface area contributed by atoms with Gasteiger partial charge < -0.3 is 10.1 Å². The number of benzene rings is 2. The van der Waals surface area contributed by atoms with Crippen LogP contribution in [0.2, 0.25) is 0 Å². The lowest BCUT2D eigenvalue weighted by atomic mass is 9.96. The summed E-state index contributed by atoms with van der Waals surface area (Å²) in [5, 5.41) is 2.95. The van der Waals surface area contributed by atoms with Gasteiger partial charge in [0.05, 0.1) is 13.2 Å². The van der Waals surface area contributed by atoms with Crippen molar-refractivity contribution in [2.24, 2.45) is 0 Å². The minimum Gasteiger partial charge on any atom is -0.496 e. The van der Waals surface area contributed by atoms with Gasteiger partial charge in [-0.05, 0) is 43.3 Å². The van der Waals surface area contributed by atoms with Gasteiger partial charge in [0.2, 0.25) is 0 Å². The highest BCUT2D eigenvalue weighted by atomic mass is 19.1. The quantitative estimate of drug-likeness (QED) is 0.922. The predicted molar refractivity (Wildman–Crippen MR) is 75.0 cm³/mol. The number of methoxy groups -OCH3 is 1. The molecule has 4 heteroatoms. The van der Waals surface area contributed by atoms with Crippen LogP contribution in [0.5, 0.6) is 5.75 Å². The molecule has 0 spiro atoms. The third-order valence-electron chi connectivity index (χ3n) is 3.34. The average molecular weight is 277 g/mol. The molecule has 0 aromatic heterocycles. The number of rotatable bonds is 4. The first kappa shape index (κ1) is 14.5. The molecule has 0 aliphatic heterocycles. The Morgan fingerprint density at radius 2 is 1.75 bits per heavy atom. The Labute approximate surface area is 117 Å². The van der Waals surface area contributed by atoms with Crippen molar-refractivity contribution >= 4 is 0 Å². The second-order valence-corrected chi connectivity index (χ2v) is 4.59. The molecule has 1 atom stereocenters. The van der Waals surface area contributed by atoms with Gasteiger partial charge in [0, 0.05) is 5.56 Å². The standard InChI is InChI=1S/C16H17F2NO/c1-10-7-8-11(9-14(10)20-3)16(19-2)15-12(17)5-4-6-13(15)18/h4-9,16,19H,1-3H3. The average Bonchev–Trinajstić information content (AvgIpc) is 2.44. The summed E-state index contributed by atoms with van der Waals surface area (Å²) in [4.78, 5) is 0. The van der Waals surface area contributed by atoms with Crippen LogP contribution in [0.3, 0.4) is 0 Å². The van der Waals surface area contributed by atoms with Crippen LogP contribution in [0.15, 0.2) is 36.4 Å². The maximum absolute atomic E-state index is 13.9. The molecule has 2 nitrogen and oxygen atoms in total. The minimum absolute atomic E-state index is 0.0147. The Balaban J connectivity index is 2.53. The summed E-state index contributed by atoms with van der Waals surface area (Å²) in [6.45, 7) is 1.92. The van der Waals surface area contributed by atoms with Gasteiger partial charge in [-0.15, -0.1) is 0 Å². The summed E-state index contributed by atoms with van der Waals surface area (Å²) >= 11 is 0. The van der Waals surface area contributed by atoms with Crippen LogP contribution in [-0.4, -0.2) is 14.2 Å². The Morgan fingerprint density at radius 1 is 1.10 bits per heavy atom. The number of halogens is 2. The molecule has 0 saturated carbocycles. The highest BCUT2D eigenvalue weighted by Crippen LogP contribution is 2.30. The molecule has 0 bridgehead atoms. The van der Waals surface area contributed by atoms with Crippen molar-refractivity contribution in [3.05, 3.63) is 64.7 Å². The second kappa shape index (κ2) is 6.01. The Bertz CT molecular complexity index is 593. The van der Waals surface area contributed by atoms with Crippen LogP contribution in [0.1, 0.15) is 22.7 Å². The third-order valence-corrected chi connectivity index (χ3v) is 3.34. The first-order valence-electron chi connectivity index (χ1n) is 6.34. The lowest BCUT2D eigenvalue weighted by molar-refractivity contribution is 0.410. The molecular weight excluding hydrogens is 260 g/mol. The molecule has 2 aromatic rings. The summed E-state index contributed by atoms with van der Waals surface area (Å²) in [6.07, 6.45) is 0. The Morgan fingerprint density at radius 3 is 2.30 bits per heavy atom. The number of hydrogen-bond acceptors (Lipinski definition) is 2. The molecule has 0 saturated heterocycles. The van der Waals surface area contributed by atoms with Gasteiger partial charge in [0.25, 0.3) is 0 Å². The van der Waals surface area contributed by atoms with Crippen molar-refractivity contribution in [2.45, 2.75) is 13.0 Å². The molecule has 0 radical (unpaired) electrons. The van der Waals surface area contributed by atoms with Crippen LogP contribution in [0.4, 0.5) is 8.78 Å². The first-order valence-corrected chi connectivity index (χ1v) is 6.34. The molecule has 2 aromatic carbocycles. The maximum atomic E-state index is 13.9. The largest absolute Gasteiger partial charge is 0.496 e. The molecule has 0 heterocycles. The van der Waals surface area contributed by atoms with E-state index < -0.39 is 17.7 Å². The molecular formula is C16H17F2NO. The van der Waals surface area contributed by atoms with Crippen LogP contribution in [0.25, 0.3) is 0 Å². The van der Waals surface area contributed by atoms with Crippen molar-refractivity contribution in [1.82, 2.24) is 5.32 Å². The van der Waals surface area contributed by atoms with Crippen LogP contribution in [-0.2, 0) is 0 Å². The number of hydrogen-bond donors (Lipinski definition) is 1. The van der Waals surface area contributed by atoms with Gasteiger partial charge >= 0.3 is 0 Å². The number of aryl methyl sites for hydroxylation is 1. The van der Waals surface area contributed by atoms with Crippen LogP contribution < -0.4 is 10.1 Å². The van der Waals surface area contributed by atoms with Crippen LogP contribution >= 0.6 is 0 Å². The SMILES string of the molecule is CNC(c1ccc(C)c(OC)c1)c1c(F)cccc1F. The zero-order chi connectivity index (χ0) is 14.7. The number of ether oxygens (including phenoxy) is 1. The smallest absolute Gasteiger partial charge is 0.131 e. The zero-order valence-corrected chi connectivity index (χ0v) is 11.7. The van der Waals surface area contributed by atoms with E-state index in [4.69, 9.17) is 4.74 Å². The molecule has 106 valence electrons. The summed E-state index contributed by atoms with van der Waals surface area (Å²) in [6, 6.07) is 8.81. The van der Waals surface area contributed by atoms with E-state index in [2.05, 4.69) is 5.32 Å². The monoisotopic (exact) mass is 277 g/mol. The second-order valence-electron chi connectivity index (χ2n) is 4.59. The maximum Gasteiger partial charge on any atom is 0.131 e. The van der Waals surface area contributed by atoms with Crippen molar-refractivity contribution in [3.8, 4) is 5.75 Å². The molecule has 0 aliphatic carbocycles. The molecule has 20 heavy (non-hydrogen) atoms. The van der Waals surface area contributed by atoms with Crippen molar-refractivity contribution < 1.29 is 13.5 Å². The lowest BCUT2D eigenvalue weighted by Gasteiger charge is -2.19. The van der Waals surface area contributed by atoms with Crippen molar-refractivity contribution in [1.29, 1.82) is 0 Å². The van der Waals surface area contributed by atoms with Crippen molar-refractivity contribution in [2.75, 3.05) is 14.2 Å². The van der Waals surface area contributed by atoms with Crippen LogP contribution in [0, 0.1) is 18.6 Å². The Hall–Kier alpha value is -1.94. The highest BCUT2D eigenvalue weighted by molar-refractivity contribution is 5.41. The minimum atomic E-state index is -0.566. The van der Waals surface area contributed by atoms with E-state index in [1.807, 2.05) is 19.1 Å². The van der Waals surface area contributed by atoms with Gasteiger partial charge in [0.1, 0.15) is 17.4 Å². The summed E-state index contributed by atoms with van der Waals surface area (Å²) in [7, 11) is 3.24. The normalized spacial score (nSPS) is 12.2. The van der Waals surface area contributed by atoms with Gasteiger partial charge in [-0.1, -0.05) is 18.2 Å². The molecule has 0 aliphatic rings. The van der Waals surface area contributed by atoms with E-state index in [1.165, 1.54) is 18.2 Å².